The number of carboxylic acids is 1. The van der Waals surface area contributed by atoms with Crippen LogP contribution in [0.1, 0.15) is 11.3 Å². The Morgan fingerprint density at radius 2 is 2.37 bits per heavy atom. The maximum absolute atomic E-state index is 13.3. The van der Waals surface area contributed by atoms with Crippen LogP contribution < -0.4 is 4.90 Å². The highest BCUT2D eigenvalue weighted by Gasteiger charge is 2.23. The molecule has 0 saturated carbocycles. The van der Waals surface area contributed by atoms with Crippen LogP contribution in [0, 0.1) is 5.82 Å². The van der Waals surface area contributed by atoms with Gasteiger partial charge in [-0.05, 0) is 24.1 Å². The molecule has 0 unspecified atom stereocenters. The molecule has 19 heavy (non-hydrogen) atoms. The molecule has 1 aromatic carbocycles. The first kappa shape index (κ1) is 12.1. The minimum Gasteiger partial charge on any atom is -0.481 e. The number of thiazole rings is 1. The number of nitrogens with zero attached hydrogens (tertiary/aromatic N) is 2. The minimum atomic E-state index is -0.898. The minimum absolute atomic E-state index is 0.0830. The first-order chi connectivity index (χ1) is 9.13. The van der Waals surface area contributed by atoms with E-state index >= 15 is 0 Å². The summed E-state index contributed by atoms with van der Waals surface area (Å²) in [6.45, 7) is 0.749. The molecule has 1 aliphatic rings. The van der Waals surface area contributed by atoms with Gasteiger partial charge in [0.25, 0.3) is 0 Å². The molecule has 1 N–H and O–H groups in total. The van der Waals surface area contributed by atoms with E-state index < -0.39 is 5.97 Å². The van der Waals surface area contributed by atoms with Crippen LogP contribution in [0.3, 0.4) is 0 Å². The molecule has 4 nitrogen and oxygen atoms in total. The van der Waals surface area contributed by atoms with Crippen LogP contribution in [0.15, 0.2) is 23.6 Å². The van der Waals surface area contributed by atoms with Crippen LogP contribution >= 0.6 is 11.3 Å². The summed E-state index contributed by atoms with van der Waals surface area (Å²) in [6, 6.07) is 4.75. The van der Waals surface area contributed by atoms with Gasteiger partial charge < -0.3 is 10.0 Å². The van der Waals surface area contributed by atoms with Gasteiger partial charge in [-0.15, -0.1) is 11.3 Å². The van der Waals surface area contributed by atoms with Crippen molar-refractivity contribution in [3.05, 3.63) is 40.7 Å². The quantitative estimate of drug-likeness (QED) is 0.937. The van der Waals surface area contributed by atoms with Crippen molar-refractivity contribution in [2.45, 2.75) is 12.8 Å². The van der Waals surface area contributed by atoms with Crippen LogP contribution in [0.25, 0.3) is 0 Å². The van der Waals surface area contributed by atoms with E-state index in [9.17, 15) is 9.18 Å². The SMILES string of the molecule is O=C(O)Cc1csc(N2CCc3ccc(F)cc32)n1. The fourth-order valence-electron chi connectivity index (χ4n) is 2.21. The fourth-order valence-corrected chi connectivity index (χ4v) is 3.07. The van der Waals surface area contributed by atoms with E-state index in [1.54, 1.807) is 11.4 Å². The molecule has 2 heterocycles. The Morgan fingerprint density at radius 3 is 3.16 bits per heavy atom. The summed E-state index contributed by atoms with van der Waals surface area (Å²) in [7, 11) is 0. The molecule has 0 amide bonds. The second-order valence-electron chi connectivity index (χ2n) is 4.37. The Labute approximate surface area is 113 Å². The van der Waals surface area contributed by atoms with Gasteiger partial charge in [0.1, 0.15) is 5.82 Å². The molecule has 1 aliphatic heterocycles. The number of rotatable bonds is 3. The molecule has 1 aromatic heterocycles. The Hall–Kier alpha value is -1.95. The van der Waals surface area contributed by atoms with E-state index in [0.29, 0.717) is 5.69 Å². The van der Waals surface area contributed by atoms with E-state index in [2.05, 4.69) is 4.98 Å². The summed E-state index contributed by atoms with van der Waals surface area (Å²) in [5.41, 5.74) is 2.46. The lowest BCUT2D eigenvalue weighted by atomic mass is 10.2. The van der Waals surface area contributed by atoms with Gasteiger partial charge in [-0.3, -0.25) is 4.79 Å². The second kappa shape index (κ2) is 4.62. The third-order valence-corrected chi connectivity index (χ3v) is 3.96. The highest BCUT2D eigenvalue weighted by Crippen LogP contribution is 2.36. The summed E-state index contributed by atoms with van der Waals surface area (Å²) in [6.07, 6.45) is 0.768. The van der Waals surface area contributed by atoms with Crippen molar-refractivity contribution < 1.29 is 14.3 Å². The molecule has 0 aliphatic carbocycles. The summed E-state index contributed by atoms with van der Waals surface area (Å²) >= 11 is 1.39. The monoisotopic (exact) mass is 278 g/mol. The highest BCUT2D eigenvalue weighted by molar-refractivity contribution is 7.13. The van der Waals surface area contributed by atoms with Crippen molar-refractivity contribution in [1.29, 1.82) is 0 Å². The van der Waals surface area contributed by atoms with E-state index in [-0.39, 0.29) is 12.2 Å². The highest BCUT2D eigenvalue weighted by atomic mass is 32.1. The smallest absolute Gasteiger partial charge is 0.309 e. The van der Waals surface area contributed by atoms with Gasteiger partial charge in [0.05, 0.1) is 12.1 Å². The molecule has 0 atom stereocenters. The normalized spacial score (nSPS) is 13.6. The van der Waals surface area contributed by atoms with Gasteiger partial charge in [0.2, 0.25) is 0 Å². The van der Waals surface area contributed by atoms with Gasteiger partial charge >= 0.3 is 5.97 Å². The summed E-state index contributed by atoms with van der Waals surface area (Å²) in [5, 5.41) is 11.2. The van der Waals surface area contributed by atoms with Crippen molar-refractivity contribution in [3.63, 3.8) is 0 Å². The van der Waals surface area contributed by atoms with Crippen molar-refractivity contribution >= 4 is 28.1 Å². The topological polar surface area (TPSA) is 53.4 Å². The molecular formula is C13H11FN2O2S. The van der Waals surface area contributed by atoms with Crippen LogP contribution in [0.4, 0.5) is 15.2 Å². The number of aliphatic carboxylic acids is 1. The number of hydrogen-bond acceptors (Lipinski definition) is 4. The number of halogens is 1. The van der Waals surface area contributed by atoms with Gasteiger partial charge in [-0.1, -0.05) is 6.07 Å². The first-order valence-corrected chi connectivity index (χ1v) is 6.73. The van der Waals surface area contributed by atoms with Crippen LogP contribution in [0.5, 0.6) is 0 Å². The molecular weight excluding hydrogens is 267 g/mol. The zero-order valence-corrected chi connectivity index (χ0v) is 10.8. The summed E-state index contributed by atoms with van der Waals surface area (Å²) < 4.78 is 13.3. The van der Waals surface area contributed by atoms with E-state index in [0.717, 1.165) is 29.3 Å². The third kappa shape index (κ3) is 2.31. The molecule has 3 rings (SSSR count). The lowest BCUT2D eigenvalue weighted by Crippen LogP contribution is -2.13. The number of carboxylic acid groups (broad SMARTS) is 1. The van der Waals surface area contributed by atoms with Gasteiger partial charge in [-0.25, -0.2) is 9.37 Å². The maximum Gasteiger partial charge on any atom is 0.309 e. The Kier molecular flexibility index (Phi) is 2.94. The average Bonchev–Trinajstić information content (AvgIpc) is 2.94. The fraction of sp³-hybridized carbons (Fsp3) is 0.231. The number of fused-ring (bicyclic) bond motifs is 1. The van der Waals surface area contributed by atoms with Crippen LogP contribution in [-0.2, 0) is 17.6 Å². The Balaban J connectivity index is 1.91. The molecule has 0 radical (unpaired) electrons. The van der Waals surface area contributed by atoms with Crippen LogP contribution in [-0.4, -0.2) is 22.6 Å². The Morgan fingerprint density at radius 1 is 1.53 bits per heavy atom. The molecule has 2 aromatic rings. The zero-order valence-electron chi connectivity index (χ0n) is 9.97. The molecule has 0 spiro atoms. The van der Waals surface area contributed by atoms with E-state index in [1.165, 1.54) is 23.5 Å². The van der Waals surface area contributed by atoms with Crippen molar-refractivity contribution in [2.24, 2.45) is 0 Å². The largest absolute Gasteiger partial charge is 0.481 e. The van der Waals surface area contributed by atoms with Crippen LogP contribution in [0.2, 0.25) is 0 Å². The number of anilines is 2. The predicted molar refractivity (Wildman–Crippen MR) is 70.6 cm³/mol. The molecule has 0 saturated heterocycles. The third-order valence-electron chi connectivity index (χ3n) is 3.05. The average molecular weight is 278 g/mol. The second-order valence-corrected chi connectivity index (χ2v) is 5.20. The first-order valence-electron chi connectivity index (χ1n) is 5.85. The number of benzene rings is 1. The van der Waals surface area contributed by atoms with Crippen molar-refractivity contribution in [2.75, 3.05) is 11.4 Å². The molecule has 0 fully saturated rings. The van der Waals surface area contributed by atoms with Crippen molar-refractivity contribution in [3.8, 4) is 0 Å². The van der Waals surface area contributed by atoms with Gasteiger partial charge in [0.15, 0.2) is 5.13 Å². The van der Waals surface area contributed by atoms with Crippen molar-refractivity contribution in [1.82, 2.24) is 4.98 Å². The summed E-state index contributed by atoms with van der Waals surface area (Å²) in [5.74, 6) is -1.17. The van der Waals surface area contributed by atoms with E-state index in [1.807, 2.05) is 4.90 Å². The standard InChI is InChI=1S/C13H11FN2O2S/c14-9-2-1-8-3-4-16(11(8)5-9)13-15-10(7-19-13)6-12(17)18/h1-2,5,7H,3-4,6H2,(H,17,18). The maximum atomic E-state index is 13.3. The zero-order chi connectivity index (χ0) is 13.4. The lowest BCUT2D eigenvalue weighted by Gasteiger charge is -2.15. The van der Waals surface area contributed by atoms with E-state index in [4.69, 9.17) is 5.11 Å². The van der Waals surface area contributed by atoms with Gasteiger partial charge in [0, 0.05) is 17.6 Å². The predicted octanol–water partition coefficient (Wildman–Crippen LogP) is 2.60. The molecule has 6 heteroatoms. The number of aromatic nitrogens is 1. The Bertz CT molecular complexity index is 641. The molecule has 0 bridgehead atoms. The number of carbonyl (C=O) groups is 1. The number of hydrogen-bond donors (Lipinski definition) is 1. The lowest BCUT2D eigenvalue weighted by molar-refractivity contribution is -0.136. The molecule has 98 valence electrons. The summed E-state index contributed by atoms with van der Waals surface area (Å²) in [4.78, 5) is 16.9. The van der Waals surface area contributed by atoms with Gasteiger partial charge in [-0.2, -0.15) is 0 Å².